The van der Waals surface area contributed by atoms with Crippen molar-refractivity contribution in [1.29, 1.82) is 0 Å². The molecule has 0 saturated carbocycles. The number of H-pyrrole nitrogens is 1. The van der Waals surface area contributed by atoms with Crippen molar-refractivity contribution in [2.45, 2.75) is 52.5 Å². The molecule has 0 saturated heterocycles. The Morgan fingerprint density at radius 1 is 1.00 bits per heavy atom. The van der Waals surface area contributed by atoms with E-state index in [0.717, 1.165) is 0 Å². The van der Waals surface area contributed by atoms with Crippen LogP contribution in [0.4, 0.5) is 0 Å². The molecule has 0 bridgehead atoms. The molecule has 10 heteroatoms. The number of esters is 2. The lowest BCUT2D eigenvalue weighted by molar-refractivity contribution is 0.0316. The highest BCUT2D eigenvalue weighted by Gasteiger charge is 2.28. The largest absolute Gasteiger partial charge is 0.462 e. The first kappa shape index (κ1) is 26.3. The van der Waals surface area contributed by atoms with E-state index in [9.17, 15) is 22.8 Å². The van der Waals surface area contributed by atoms with Crippen molar-refractivity contribution >= 4 is 27.7 Å². The van der Waals surface area contributed by atoms with Gasteiger partial charge < -0.3 is 14.5 Å². The minimum absolute atomic E-state index is 0.0656. The molecule has 1 unspecified atom stereocenters. The monoisotopic (exact) mass is 478 g/mol. The number of benzene rings is 1. The third kappa shape index (κ3) is 5.51. The Labute approximate surface area is 194 Å². The van der Waals surface area contributed by atoms with Gasteiger partial charge in [0, 0.05) is 18.8 Å². The molecular weight excluding hydrogens is 448 g/mol. The highest BCUT2D eigenvalue weighted by molar-refractivity contribution is 7.89. The first-order valence-corrected chi connectivity index (χ1v) is 12.1. The number of aromatic amines is 1. The highest BCUT2D eigenvalue weighted by Crippen LogP contribution is 2.22. The molecule has 1 heterocycles. The first-order chi connectivity index (χ1) is 15.5. The average Bonchev–Trinajstić information content (AvgIpc) is 3.07. The summed E-state index contributed by atoms with van der Waals surface area (Å²) in [7, 11) is -3.65. The number of Topliss-reactive ketones (excluding diaryl/α,β-unsaturated/α-hetero) is 1. The number of hydrogen-bond donors (Lipinski definition) is 1. The number of nitrogens with zero attached hydrogens (tertiary/aromatic N) is 1. The Morgan fingerprint density at radius 3 is 2.09 bits per heavy atom. The van der Waals surface area contributed by atoms with E-state index < -0.39 is 33.8 Å². The van der Waals surface area contributed by atoms with E-state index in [1.807, 2.05) is 0 Å². The number of sulfonamides is 1. The molecule has 2 rings (SSSR count). The smallest absolute Gasteiger partial charge is 0.340 e. The van der Waals surface area contributed by atoms with E-state index in [4.69, 9.17) is 9.47 Å². The average molecular weight is 479 g/mol. The fraction of sp³-hybridized carbons (Fsp3) is 0.435. The maximum absolute atomic E-state index is 12.9. The molecule has 0 radical (unpaired) electrons. The van der Waals surface area contributed by atoms with Crippen molar-refractivity contribution in [3.8, 4) is 0 Å². The van der Waals surface area contributed by atoms with Crippen LogP contribution in [0.1, 0.15) is 70.2 Å². The van der Waals surface area contributed by atoms with Crippen LogP contribution in [0.15, 0.2) is 29.2 Å². The van der Waals surface area contributed by atoms with Gasteiger partial charge >= 0.3 is 11.9 Å². The standard InChI is InChI=1S/C23H30N2O7S/c1-7-25(8-2)33(29,30)18-12-10-17(11-13-18)22(27)32-16(6)21(26)20-14(4)19(15(5)24-20)23(28)31-9-3/h10-13,16,24H,7-9H2,1-6H3. The Morgan fingerprint density at radius 2 is 1.58 bits per heavy atom. The zero-order chi connectivity index (χ0) is 24.9. The maximum atomic E-state index is 12.9. The summed E-state index contributed by atoms with van der Waals surface area (Å²) in [5, 5.41) is 0. The Kier molecular flexibility index (Phi) is 8.57. The van der Waals surface area contributed by atoms with E-state index >= 15 is 0 Å². The van der Waals surface area contributed by atoms with Crippen LogP contribution in [0.2, 0.25) is 0 Å². The predicted molar refractivity (Wildman–Crippen MR) is 122 cm³/mol. The lowest BCUT2D eigenvalue weighted by atomic mass is 10.1. The zero-order valence-corrected chi connectivity index (χ0v) is 20.5. The number of ether oxygens (including phenoxy) is 2. The molecule has 1 N–H and O–H groups in total. The third-order valence-electron chi connectivity index (χ3n) is 5.25. The van der Waals surface area contributed by atoms with Crippen molar-refractivity contribution in [2.24, 2.45) is 0 Å². The number of rotatable bonds is 10. The van der Waals surface area contributed by atoms with Gasteiger partial charge in [0.15, 0.2) is 6.10 Å². The normalized spacial score (nSPS) is 12.5. The number of carbonyl (C=O) groups is 3. The second-order valence-electron chi connectivity index (χ2n) is 7.37. The summed E-state index contributed by atoms with van der Waals surface area (Å²) in [6.45, 7) is 10.7. The van der Waals surface area contributed by atoms with Crippen LogP contribution in [0.3, 0.4) is 0 Å². The molecule has 0 fully saturated rings. The van der Waals surface area contributed by atoms with Crippen molar-refractivity contribution in [1.82, 2.24) is 9.29 Å². The van der Waals surface area contributed by atoms with Crippen molar-refractivity contribution in [3.05, 3.63) is 52.3 Å². The topological polar surface area (TPSA) is 123 Å². The van der Waals surface area contributed by atoms with Gasteiger partial charge in [-0.15, -0.1) is 0 Å². The van der Waals surface area contributed by atoms with Gasteiger partial charge in [0.05, 0.1) is 28.3 Å². The molecule has 180 valence electrons. The van der Waals surface area contributed by atoms with Crippen LogP contribution in [-0.4, -0.2) is 61.2 Å². The number of ketones is 1. The lowest BCUT2D eigenvalue weighted by Crippen LogP contribution is -2.30. The van der Waals surface area contributed by atoms with E-state index in [-0.39, 0.29) is 28.3 Å². The zero-order valence-electron chi connectivity index (χ0n) is 19.7. The van der Waals surface area contributed by atoms with Crippen LogP contribution in [-0.2, 0) is 19.5 Å². The van der Waals surface area contributed by atoms with Gasteiger partial charge in [0.25, 0.3) is 0 Å². The van der Waals surface area contributed by atoms with Crippen molar-refractivity contribution < 1.29 is 32.3 Å². The molecule has 9 nitrogen and oxygen atoms in total. The van der Waals surface area contributed by atoms with Crippen molar-refractivity contribution in [3.63, 3.8) is 0 Å². The Balaban J connectivity index is 2.17. The third-order valence-corrected chi connectivity index (χ3v) is 7.31. The van der Waals surface area contributed by atoms with Gasteiger partial charge in [-0.2, -0.15) is 4.31 Å². The minimum atomic E-state index is -3.65. The van der Waals surface area contributed by atoms with Crippen LogP contribution in [0.5, 0.6) is 0 Å². The predicted octanol–water partition coefficient (Wildman–Crippen LogP) is 3.27. The molecule has 0 aliphatic rings. The minimum Gasteiger partial charge on any atom is -0.462 e. The molecule has 0 amide bonds. The summed E-state index contributed by atoms with van der Waals surface area (Å²) in [5.41, 5.74) is 1.46. The Bertz CT molecular complexity index is 1130. The summed E-state index contributed by atoms with van der Waals surface area (Å²) < 4.78 is 36.8. The van der Waals surface area contributed by atoms with Crippen molar-refractivity contribution in [2.75, 3.05) is 19.7 Å². The number of aryl methyl sites for hydroxylation is 1. The fourth-order valence-electron chi connectivity index (χ4n) is 3.47. The number of carbonyl (C=O) groups excluding carboxylic acids is 3. The molecule has 1 aromatic heterocycles. The molecule has 0 spiro atoms. The molecular formula is C23H30N2O7S. The maximum Gasteiger partial charge on any atom is 0.340 e. The van der Waals surface area contributed by atoms with Gasteiger partial charge in [0.2, 0.25) is 15.8 Å². The van der Waals surface area contributed by atoms with Crippen LogP contribution in [0, 0.1) is 13.8 Å². The number of aromatic nitrogens is 1. The van der Waals surface area contributed by atoms with Gasteiger partial charge in [0.1, 0.15) is 0 Å². The number of hydrogen-bond acceptors (Lipinski definition) is 7. The van der Waals surface area contributed by atoms with E-state index in [0.29, 0.717) is 24.3 Å². The molecule has 1 atom stereocenters. The molecule has 33 heavy (non-hydrogen) atoms. The quantitative estimate of drug-likeness (QED) is 0.411. The van der Waals surface area contributed by atoms with Gasteiger partial charge in [-0.05, 0) is 57.5 Å². The van der Waals surface area contributed by atoms with Gasteiger partial charge in [-0.3, -0.25) is 4.79 Å². The van der Waals surface area contributed by atoms with Crippen LogP contribution in [0.25, 0.3) is 0 Å². The van der Waals surface area contributed by atoms with Gasteiger partial charge in [-0.1, -0.05) is 13.8 Å². The van der Waals surface area contributed by atoms with Crippen LogP contribution >= 0.6 is 0 Å². The van der Waals surface area contributed by atoms with E-state index in [1.54, 1.807) is 34.6 Å². The lowest BCUT2D eigenvalue weighted by Gasteiger charge is -2.18. The van der Waals surface area contributed by atoms with E-state index in [2.05, 4.69) is 4.98 Å². The van der Waals surface area contributed by atoms with Crippen LogP contribution < -0.4 is 0 Å². The molecule has 1 aromatic carbocycles. The molecule has 0 aliphatic heterocycles. The SMILES string of the molecule is CCOC(=O)c1c(C)[nH]c(C(=O)C(C)OC(=O)c2ccc(S(=O)(=O)N(CC)CC)cc2)c1C. The first-order valence-electron chi connectivity index (χ1n) is 10.7. The Hall–Kier alpha value is -2.98. The number of nitrogens with one attached hydrogen (secondary N) is 1. The molecule has 0 aliphatic carbocycles. The van der Waals surface area contributed by atoms with Gasteiger partial charge in [-0.25, -0.2) is 18.0 Å². The second-order valence-corrected chi connectivity index (χ2v) is 9.31. The highest BCUT2D eigenvalue weighted by atomic mass is 32.2. The molecule has 2 aromatic rings. The summed E-state index contributed by atoms with van der Waals surface area (Å²) in [6, 6.07) is 5.36. The fourth-order valence-corrected chi connectivity index (χ4v) is 4.92. The second kappa shape index (κ2) is 10.8. The summed E-state index contributed by atoms with van der Waals surface area (Å²) in [6.07, 6.45) is -1.14. The summed E-state index contributed by atoms with van der Waals surface area (Å²) >= 11 is 0. The summed E-state index contributed by atoms with van der Waals surface area (Å²) in [4.78, 5) is 40.5. The van der Waals surface area contributed by atoms with E-state index in [1.165, 1.54) is 35.5 Å². The summed E-state index contributed by atoms with van der Waals surface area (Å²) in [5.74, 6) is -1.80.